The zero-order valence-corrected chi connectivity index (χ0v) is 14.4. The largest absolute Gasteiger partial charge is 0.452 e. The van der Waals surface area contributed by atoms with Crippen LogP contribution in [0.4, 0.5) is 21.0 Å². The van der Waals surface area contributed by atoms with Gasteiger partial charge in [-0.15, -0.1) is 5.11 Å². The van der Waals surface area contributed by atoms with Crippen LogP contribution in [0.25, 0.3) is 0 Å². The predicted octanol–water partition coefficient (Wildman–Crippen LogP) is 3.58. The standard InChI is InChI=1S/C16H19N5O4/c1-10-12(18-19-15(24)25-16(2,3)4)13(22)21(20-10)14(23)17-11-8-6-5-7-9-11/h5-9,20H,1-4H3,(H,17,23). The molecule has 0 unspecified atom stereocenters. The van der Waals surface area contributed by atoms with Crippen molar-refractivity contribution in [2.75, 3.05) is 5.32 Å². The number of azo groups is 1. The first-order chi connectivity index (χ1) is 11.7. The molecule has 1 aromatic carbocycles. The maximum Gasteiger partial charge on any atom is 0.452 e. The molecule has 9 nitrogen and oxygen atoms in total. The number of aromatic amines is 1. The molecule has 0 bridgehead atoms. The molecule has 0 fully saturated rings. The highest BCUT2D eigenvalue weighted by atomic mass is 16.6. The lowest BCUT2D eigenvalue weighted by atomic mass is 10.2. The van der Waals surface area contributed by atoms with E-state index < -0.39 is 23.3 Å². The van der Waals surface area contributed by atoms with Gasteiger partial charge in [-0.1, -0.05) is 23.3 Å². The van der Waals surface area contributed by atoms with Gasteiger partial charge >= 0.3 is 17.7 Å². The molecule has 132 valence electrons. The Morgan fingerprint density at radius 1 is 1.20 bits per heavy atom. The van der Waals surface area contributed by atoms with Gasteiger partial charge in [-0.25, -0.2) is 9.59 Å². The van der Waals surface area contributed by atoms with Gasteiger partial charge < -0.3 is 10.1 Å². The molecule has 2 rings (SSSR count). The molecule has 0 spiro atoms. The minimum atomic E-state index is -0.923. The van der Waals surface area contributed by atoms with Crippen LogP contribution in [0.2, 0.25) is 0 Å². The molecule has 0 atom stereocenters. The summed E-state index contributed by atoms with van der Waals surface area (Å²) in [5, 5.41) is 12.1. The fourth-order valence-corrected chi connectivity index (χ4v) is 1.87. The number of rotatable bonds is 2. The molecule has 1 aromatic heterocycles. The molecule has 0 radical (unpaired) electrons. The number of anilines is 1. The maximum absolute atomic E-state index is 12.3. The van der Waals surface area contributed by atoms with Crippen LogP contribution in [0.3, 0.4) is 0 Å². The lowest BCUT2D eigenvalue weighted by Gasteiger charge is -2.16. The number of nitrogens with zero attached hydrogens (tertiary/aromatic N) is 3. The Morgan fingerprint density at radius 2 is 1.84 bits per heavy atom. The van der Waals surface area contributed by atoms with Crippen LogP contribution in [0.5, 0.6) is 0 Å². The molecule has 0 saturated carbocycles. The first kappa shape index (κ1) is 18.1. The second-order valence-corrected chi connectivity index (χ2v) is 6.20. The smallest absolute Gasteiger partial charge is 0.441 e. The number of amides is 2. The van der Waals surface area contributed by atoms with E-state index in [-0.39, 0.29) is 5.69 Å². The second kappa shape index (κ2) is 7.12. The topological polar surface area (TPSA) is 118 Å². The maximum atomic E-state index is 12.3. The minimum Gasteiger partial charge on any atom is -0.441 e. The van der Waals surface area contributed by atoms with Crippen LogP contribution in [-0.4, -0.2) is 27.5 Å². The highest BCUT2D eigenvalue weighted by molar-refractivity contribution is 5.90. The molecule has 0 aliphatic heterocycles. The minimum absolute atomic E-state index is 0.144. The number of benzene rings is 1. The number of nitrogens with one attached hydrogen (secondary N) is 2. The van der Waals surface area contributed by atoms with Gasteiger partial charge in [-0.2, -0.15) is 4.68 Å². The molecule has 1 heterocycles. The molecule has 0 aliphatic carbocycles. The summed E-state index contributed by atoms with van der Waals surface area (Å²) in [6.07, 6.45) is -0.923. The first-order valence-corrected chi connectivity index (χ1v) is 7.50. The summed E-state index contributed by atoms with van der Waals surface area (Å²) < 4.78 is 5.73. The zero-order chi connectivity index (χ0) is 18.6. The quantitative estimate of drug-likeness (QED) is 0.809. The summed E-state index contributed by atoms with van der Waals surface area (Å²) in [5.41, 5.74) is -0.768. The Kier molecular flexibility index (Phi) is 5.16. The number of H-pyrrole nitrogens is 1. The normalized spacial score (nSPS) is 11.5. The van der Waals surface area contributed by atoms with E-state index in [0.717, 1.165) is 4.68 Å². The number of carbonyl (C=O) groups excluding carboxylic acids is 2. The third-order valence-corrected chi connectivity index (χ3v) is 2.89. The van der Waals surface area contributed by atoms with Gasteiger partial charge in [0.25, 0.3) is 0 Å². The Bertz CT molecular complexity index is 859. The molecule has 25 heavy (non-hydrogen) atoms. The van der Waals surface area contributed by atoms with Gasteiger partial charge in [0.1, 0.15) is 5.60 Å². The van der Waals surface area contributed by atoms with E-state index in [2.05, 4.69) is 20.6 Å². The van der Waals surface area contributed by atoms with Crippen molar-refractivity contribution in [3.8, 4) is 0 Å². The Balaban J connectivity index is 2.19. The second-order valence-electron chi connectivity index (χ2n) is 6.20. The highest BCUT2D eigenvalue weighted by Gasteiger charge is 2.18. The van der Waals surface area contributed by atoms with Crippen molar-refractivity contribution >= 4 is 23.5 Å². The lowest BCUT2D eigenvalue weighted by molar-refractivity contribution is 0.0592. The Morgan fingerprint density at radius 3 is 2.44 bits per heavy atom. The van der Waals surface area contributed by atoms with Crippen molar-refractivity contribution in [2.24, 2.45) is 10.2 Å². The fourth-order valence-electron chi connectivity index (χ4n) is 1.87. The molecule has 0 saturated heterocycles. The Hall–Kier alpha value is -3.23. The van der Waals surface area contributed by atoms with E-state index >= 15 is 0 Å². The van der Waals surface area contributed by atoms with E-state index in [1.165, 1.54) is 6.92 Å². The third kappa shape index (κ3) is 4.87. The van der Waals surface area contributed by atoms with Crippen molar-refractivity contribution in [1.82, 2.24) is 9.78 Å². The van der Waals surface area contributed by atoms with Crippen LogP contribution in [0.15, 0.2) is 45.4 Å². The molecule has 2 aromatic rings. The number of carbonyl (C=O) groups is 2. The van der Waals surface area contributed by atoms with Crippen LogP contribution in [0.1, 0.15) is 26.5 Å². The van der Waals surface area contributed by atoms with Crippen LogP contribution in [-0.2, 0) is 4.74 Å². The Labute approximate surface area is 143 Å². The van der Waals surface area contributed by atoms with Crippen molar-refractivity contribution in [2.45, 2.75) is 33.3 Å². The summed E-state index contributed by atoms with van der Waals surface area (Å²) in [6, 6.07) is 7.98. The molecule has 0 aliphatic rings. The highest BCUT2D eigenvalue weighted by Crippen LogP contribution is 2.14. The van der Waals surface area contributed by atoms with Crippen LogP contribution >= 0.6 is 0 Å². The molecule has 2 amide bonds. The summed E-state index contributed by atoms with van der Waals surface area (Å²) >= 11 is 0. The van der Waals surface area contributed by atoms with Crippen molar-refractivity contribution in [3.05, 3.63) is 46.4 Å². The SMILES string of the molecule is Cc1[nH]n(C(=O)Nc2ccccc2)c(=O)c1N=NC(=O)OC(C)(C)C. The molecular formula is C16H19N5O4. The van der Waals surface area contributed by atoms with E-state index in [0.29, 0.717) is 11.4 Å². The number of aryl methyl sites for hydroxylation is 1. The average molecular weight is 345 g/mol. The van der Waals surface area contributed by atoms with Crippen LogP contribution < -0.4 is 10.9 Å². The van der Waals surface area contributed by atoms with Gasteiger partial charge in [0.2, 0.25) is 0 Å². The first-order valence-electron chi connectivity index (χ1n) is 7.50. The van der Waals surface area contributed by atoms with Crippen molar-refractivity contribution < 1.29 is 14.3 Å². The van der Waals surface area contributed by atoms with Crippen molar-refractivity contribution in [3.63, 3.8) is 0 Å². The van der Waals surface area contributed by atoms with E-state index in [1.807, 2.05) is 0 Å². The zero-order valence-electron chi connectivity index (χ0n) is 14.4. The van der Waals surface area contributed by atoms with E-state index in [9.17, 15) is 14.4 Å². The van der Waals surface area contributed by atoms with Gasteiger partial charge in [-0.3, -0.25) is 9.89 Å². The number of ether oxygens (including phenoxy) is 1. The van der Waals surface area contributed by atoms with Gasteiger partial charge in [0.15, 0.2) is 5.69 Å². The number of hydrogen-bond acceptors (Lipinski definition) is 5. The van der Waals surface area contributed by atoms with Gasteiger partial charge in [0, 0.05) is 5.69 Å². The molecule has 2 N–H and O–H groups in total. The summed E-state index contributed by atoms with van der Waals surface area (Å²) in [4.78, 5) is 36.0. The number of aromatic nitrogens is 2. The van der Waals surface area contributed by atoms with E-state index in [1.54, 1.807) is 51.1 Å². The number of hydrogen-bond donors (Lipinski definition) is 2. The fraction of sp³-hybridized carbons (Fsp3) is 0.312. The summed E-state index contributed by atoms with van der Waals surface area (Å²) in [6.45, 7) is 6.59. The average Bonchev–Trinajstić information content (AvgIpc) is 2.79. The van der Waals surface area contributed by atoms with E-state index in [4.69, 9.17) is 4.74 Å². The van der Waals surface area contributed by atoms with Gasteiger partial charge in [0.05, 0.1) is 5.69 Å². The lowest BCUT2D eigenvalue weighted by Crippen LogP contribution is -2.29. The monoisotopic (exact) mass is 345 g/mol. The van der Waals surface area contributed by atoms with Gasteiger partial charge in [-0.05, 0) is 39.8 Å². The number of para-hydroxylation sites is 1. The third-order valence-electron chi connectivity index (χ3n) is 2.89. The summed E-state index contributed by atoms with van der Waals surface area (Å²) in [7, 11) is 0. The molecule has 9 heteroatoms. The predicted molar refractivity (Wildman–Crippen MR) is 91.4 cm³/mol. The van der Waals surface area contributed by atoms with Crippen molar-refractivity contribution in [1.29, 1.82) is 0 Å². The molecular weight excluding hydrogens is 326 g/mol. The summed E-state index contributed by atoms with van der Waals surface area (Å²) in [5.74, 6) is 0. The van der Waals surface area contributed by atoms with Crippen LogP contribution in [0, 0.1) is 6.92 Å².